The Morgan fingerprint density at radius 3 is 2.68 bits per heavy atom. The monoisotopic (exact) mass is 338 g/mol. The SMILES string of the molecule is C[C@H](N)c1nnc(SCc2ccc(Cl)cc2Cl)o1.[Cl-]. The highest BCUT2D eigenvalue weighted by molar-refractivity contribution is 7.98. The van der Waals surface area contributed by atoms with Crippen molar-refractivity contribution in [2.24, 2.45) is 5.73 Å². The standard InChI is InChI=1S/C11H11Cl2N3OS.ClH/c1-6(14)10-15-16-11(17-10)18-5-7-2-3-8(12)4-9(7)13;/h2-4,6H,5,14H2,1H3;1H/p-1/t6-;/m0./s1. The molecule has 0 aliphatic carbocycles. The van der Waals surface area contributed by atoms with Gasteiger partial charge in [-0.3, -0.25) is 0 Å². The Morgan fingerprint density at radius 2 is 2.11 bits per heavy atom. The molecule has 4 nitrogen and oxygen atoms in total. The number of rotatable bonds is 4. The Bertz CT molecular complexity index is 548. The van der Waals surface area contributed by atoms with Gasteiger partial charge in [-0.05, 0) is 24.6 Å². The van der Waals surface area contributed by atoms with Gasteiger partial charge in [-0.25, -0.2) is 0 Å². The van der Waals surface area contributed by atoms with Crippen molar-refractivity contribution >= 4 is 35.0 Å². The van der Waals surface area contributed by atoms with Crippen molar-refractivity contribution in [2.45, 2.75) is 23.9 Å². The second-order valence-corrected chi connectivity index (χ2v) is 5.49. The molecule has 1 aromatic carbocycles. The molecule has 1 heterocycles. The highest BCUT2D eigenvalue weighted by atomic mass is 35.5. The molecule has 104 valence electrons. The summed E-state index contributed by atoms with van der Waals surface area (Å²) in [7, 11) is 0. The maximum atomic E-state index is 6.07. The normalized spacial score (nSPS) is 12.0. The van der Waals surface area contributed by atoms with E-state index in [0.29, 0.717) is 26.9 Å². The number of benzene rings is 1. The Kier molecular flexibility index (Phi) is 6.42. The quantitative estimate of drug-likeness (QED) is 0.831. The first-order valence-electron chi connectivity index (χ1n) is 5.22. The third kappa shape index (κ3) is 4.54. The molecule has 2 N–H and O–H groups in total. The lowest BCUT2D eigenvalue weighted by atomic mass is 10.2. The van der Waals surface area contributed by atoms with Gasteiger partial charge >= 0.3 is 0 Å². The third-order valence-electron chi connectivity index (χ3n) is 2.18. The van der Waals surface area contributed by atoms with Gasteiger partial charge in [-0.15, -0.1) is 10.2 Å². The van der Waals surface area contributed by atoms with Crippen molar-refractivity contribution in [3.63, 3.8) is 0 Å². The van der Waals surface area contributed by atoms with Crippen LogP contribution in [0.3, 0.4) is 0 Å². The van der Waals surface area contributed by atoms with E-state index in [9.17, 15) is 0 Å². The van der Waals surface area contributed by atoms with E-state index in [4.69, 9.17) is 33.4 Å². The average molecular weight is 340 g/mol. The molecule has 2 rings (SSSR count). The Hall–Kier alpha value is -0.460. The second-order valence-electron chi connectivity index (χ2n) is 3.72. The molecule has 0 fully saturated rings. The maximum absolute atomic E-state index is 6.07. The van der Waals surface area contributed by atoms with E-state index in [2.05, 4.69) is 10.2 Å². The highest BCUT2D eigenvalue weighted by Gasteiger charge is 2.11. The van der Waals surface area contributed by atoms with Gasteiger partial charge in [0.05, 0.1) is 6.04 Å². The van der Waals surface area contributed by atoms with Crippen LogP contribution in [0.2, 0.25) is 10.0 Å². The molecular weight excluding hydrogens is 329 g/mol. The van der Waals surface area contributed by atoms with Gasteiger partial charge in [0, 0.05) is 15.8 Å². The summed E-state index contributed by atoms with van der Waals surface area (Å²) in [6.45, 7) is 1.79. The maximum Gasteiger partial charge on any atom is 0.276 e. The second kappa shape index (κ2) is 7.36. The molecule has 19 heavy (non-hydrogen) atoms. The molecule has 0 radical (unpaired) electrons. The fourth-order valence-corrected chi connectivity index (χ4v) is 2.57. The lowest BCUT2D eigenvalue weighted by Gasteiger charge is -2.02. The van der Waals surface area contributed by atoms with Crippen molar-refractivity contribution < 1.29 is 16.8 Å². The molecule has 0 unspecified atom stereocenters. The minimum absolute atomic E-state index is 0. The van der Waals surface area contributed by atoms with E-state index < -0.39 is 0 Å². The Balaban J connectivity index is 0.00000180. The minimum atomic E-state index is -0.258. The summed E-state index contributed by atoms with van der Waals surface area (Å²) < 4.78 is 5.38. The number of thioether (sulfide) groups is 1. The third-order valence-corrected chi connectivity index (χ3v) is 3.63. The van der Waals surface area contributed by atoms with E-state index in [-0.39, 0.29) is 18.4 Å². The smallest absolute Gasteiger partial charge is 0.276 e. The van der Waals surface area contributed by atoms with Crippen molar-refractivity contribution in [2.75, 3.05) is 0 Å². The van der Waals surface area contributed by atoms with Crippen molar-refractivity contribution in [1.29, 1.82) is 0 Å². The number of nitrogens with zero attached hydrogens (tertiary/aromatic N) is 2. The Morgan fingerprint density at radius 1 is 1.37 bits per heavy atom. The summed E-state index contributed by atoms with van der Waals surface area (Å²) in [6.07, 6.45) is 0. The first kappa shape index (κ1) is 16.6. The van der Waals surface area contributed by atoms with Gasteiger partial charge < -0.3 is 22.6 Å². The summed E-state index contributed by atoms with van der Waals surface area (Å²) in [4.78, 5) is 0. The molecule has 0 saturated carbocycles. The van der Waals surface area contributed by atoms with E-state index >= 15 is 0 Å². The lowest BCUT2D eigenvalue weighted by Crippen LogP contribution is -3.00. The van der Waals surface area contributed by atoms with Crippen LogP contribution in [0.4, 0.5) is 0 Å². The average Bonchev–Trinajstić information content (AvgIpc) is 2.76. The van der Waals surface area contributed by atoms with E-state index in [0.717, 1.165) is 5.56 Å². The molecule has 1 atom stereocenters. The molecule has 2 aromatic rings. The minimum Gasteiger partial charge on any atom is -1.00 e. The molecule has 0 aliphatic heterocycles. The zero-order valence-corrected chi connectivity index (χ0v) is 13.0. The summed E-state index contributed by atoms with van der Waals surface area (Å²) in [5.41, 5.74) is 6.60. The molecule has 0 bridgehead atoms. The number of hydrogen-bond acceptors (Lipinski definition) is 5. The number of nitrogens with two attached hydrogens (primary N) is 1. The molecule has 0 aliphatic rings. The largest absolute Gasteiger partial charge is 1.00 e. The van der Waals surface area contributed by atoms with Crippen LogP contribution in [-0.4, -0.2) is 10.2 Å². The van der Waals surface area contributed by atoms with E-state index in [1.165, 1.54) is 11.8 Å². The van der Waals surface area contributed by atoms with Crippen LogP contribution in [0, 0.1) is 0 Å². The van der Waals surface area contributed by atoms with Crippen LogP contribution in [0.15, 0.2) is 27.8 Å². The molecule has 8 heteroatoms. The molecule has 0 saturated heterocycles. The molecular formula is C11H11Cl3N3OS-. The van der Waals surface area contributed by atoms with E-state index in [1.54, 1.807) is 19.1 Å². The van der Waals surface area contributed by atoms with Gasteiger partial charge in [0.2, 0.25) is 5.89 Å². The zero-order valence-electron chi connectivity index (χ0n) is 9.94. The Labute approximate surface area is 131 Å². The number of hydrogen-bond donors (Lipinski definition) is 1. The van der Waals surface area contributed by atoms with Crippen molar-refractivity contribution in [3.05, 3.63) is 39.7 Å². The predicted molar refractivity (Wildman–Crippen MR) is 72.9 cm³/mol. The lowest BCUT2D eigenvalue weighted by molar-refractivity contribution is -0.00000422. The van der Waals surface area contributed by atoms with Crippen LogP contribution in [-0.2, 0) is 5.75 Å². The number of aromatic nitrogens is 2. The van der Waals surface area contributed by atoms with Gasteiger partial charge in [0.25, 0.3) is 5.22 Å². The summed E-state index contributed by atoms with van der Waals surface area (Å²) in [5.74, 6) is 1.07. The first-order valence-corrected chi connectivity index (χ1v) is 6.96. The van der Waals surface area contributed by atoms with Crippen molar-refractivity contribution in [1.82, 2.24) is 10.2 Å². The van der Waals surface area contributed by atoms with Gasteiger partial charge in [-0.1, -0.05) is 41.0 Å². The fourth-order valence-electron chi connectivity index (χ4n) is 1.24. The molecule has 1 aromatic heterocycles. The summed E-state index contributed by atoms with van der Waals surface area (Å²) >= 11 is 13.3. The molecule has 0 amide bonds. The summed E-state index contributed by atoms with van der Waals surface area (Å²) in [6, 6.07) is 5.12. The van der Waals surface area contributed by atoms with Gasteiger partial charge in [0.1, 0.15) is 0 Å². The van der Waals surface area contributed by atoms with Crippen LogP contribution < -0.4 is 18.1 Å². The number of halogens is 3. The van der Waals surface area contributed by atoms with Crippen LogP contribution in [0.1, 0.15) is 24.4 Å². The van der Waals surface area contributed by atoms with Crippen LogP contribution in [0.5, 0.6) is 0 Å². The first-order chi connectivity index (χ1) is 8.56. The summed E-state index contributed by atoms with van der Waals surface area (Å²) in [5, 5.41) is 9.47. The van der Waals surface area contributed by atoms with Gasteiger partial charge in [0.15, 0.2) is 0 Å². The molecule has 0 spiro atoms. The predicted octanol–water partition coefficient (Wildman–Crippen LogP) is 0.692. The highest BCUT2D eigenvalue weighted by Crippen LogP contribution is 2.28. The van der Waals surface area contributed by atoms with Crippen LogP contribution in [0.25, 0.3) is 0 Å². The fraction of sp³-hybridized carbons (Fsp3) is 0.273. The zero-order chi connectivity index (χ0) is 13.1. The van der Waals surface area contributed by atoms with Gasteiger partial charge in [-0.2, -0.15) is 0 Å². The van der Waals surface area contributed by atoms with Crippen molar-refractivity contribution in [3.8, 4) is 0 Å². The topological polar surface area (TPSA) is 64.9 Å². The van der Waals surface area contributed by atoms with Crippen LogP contribution >= 0.6 is 35.0 Å². The van der Waals surface area contributed by atoms with E-state index in [1.807, 2.05) is 6.07 Å².